The molecule has 0 fully saturated rings. The van der Waals surface area contributed by atoms with E-state index in [0.29, 0.717) is 16.3 Å². The highest BCUT2D eigenvalue weighted by Crippen LogP contribution is 2.27. The number of aromatic carboxylic acids is 1. The van der Waals surface area contributed by atoms with Crippen LogP contribution in [0.2, 0.25) is 5.02 Å². The molecule has 110 valence electrons. The van der Waals surface area contributed by atoms with E-state index < -0.39 is 5.97 Å². The van der Waals surface area contributed by atoms with Gasteiger partial charge in [0.05, 0.1) is 5.69 Å². The minimum atomic E-state index is -1.13. The zero-order valence-corrected chi connectivity index (χ0v) is 12.4. The zero-order chi connectivity index (χ0) is 15.7. The van der Waals surface area contributed by atoms with Gasteiger partial charge in [-0.15, -0.1) is 5.10 Å². The molecule has 0 aliphatic heterocycles. The van der Waals surface area contributed by atoms with Gasteiger partial charge in [0, 0.05) is 10.6 Å². The van der Waals surface area contributed by atoms with E-state index in [1.54, 1.807) is 24.3 Å². The minimum Gasteiger partial charge on any atom is -0.476 e. The van der Waals surface area contributed by atoms with Crippen molar-refractivity contribution in [2.75, 3.05) is 0 Å². The molecule has 0 atom stereocenters. The maximum Gasteiger partial charge on any atom is 0.358 e. The number of benzene rings is 2. The number of halogens is 1. The van der Waals surface area contributed by atoms with Crippen LogP contribution in [0.25, 0.3) is 16.9 Å². The minimum absolute atomic E-state index is 0.108. The fourth-order valence-electron chi connectivity index (χ4n) is 2.19. The van der Waals surface area contributed by atoms with Crippen molar-refractivity contribution in [3.8, 4) is 16.9 Å². The quantitative estimate of drug-likeness (QED) is 0.802. The molecule has 3 aromatic rings. The number of aryl methyl sites for hydroxylation is 1. The first kappa shape index (κ1) is 14.3. The number of carboxylic acids is 1. The molecule has 0 aliphatic carbocycles. The Hall–Kier alpha value is -2.66. The van der Waals surface area contributed by atoms with Crippen molar-refractivity contribution in [3.63, 3.8) is 0 Å². The van der Waals surface area contributed by atoms with Crippen molar-refractivity contribution in [1.82, 2.24) is 15.0 Å². The average Bonchev–Trinajstić information content (AvgIpc) is 2.93. The summed E-state index contributed by atoms with van der Waals surface area (Å²) in [6.07, 6.45) is 0. The first-order chi connectivity index (χ1) is 10.6. The van der Waals surface area contributed by atoms with Crippen LogP contribution < -0.4 is 0 Å². The van der Waals surface area contributed by atoms with Crippen LogP contribution in [0.15, 0.2) is 48.5 Å². The summed E-state index contributed by atoms with van der Waals surface area (Å²) in [5, 5.41) is 17.6. The first-order valence-electron chi connectivity index (χ1n) is 6.58. The maximum absolute atomic E-state index is 11.4. The van der Waals surface area contributed by atoms with Crippen molar-refractivity contribution in [3.05, 3.63) is 64.8 Å². The molecule has 0 amide bonds. The number of nitrogens with zero attached hydrogens (tertiary/aromatic N) is 3. The van der Waals surface area contributed by atoms with Gasteiger partial charge in [0.2, 0.25) is 0 Å². The van der Waals surface area contributed by atoms with Gasteiger partial charge in [0.25, 0.3) is 0 Å². The van der Waals surface area contributed by atoms with Crippen LogP contribution in [0, 0.1) is 6.92 Å². The van der Waals surface area contributed by atoms with E-state index in [1.807, 2.05) is 31.2 Å². The number of carbonyl (C=O) groups is 1. The number of rotatable bonds is 3. The summed E-state index contributed by atoms with van der Waals surface area (Å²) < 4.78 is 1.51. The summed E-state index contributed by atoms with van der Waals surface area (Å²) in [5.41, 5.74) is 2.78. The maximum atomic E-state index is 11.4. The van der Waals surface area contributed by atoms with Crippen molar-refractivity contribution in [2.45, 2.75) is 6.92 Å². The molecule has 3 rings (SSSR count). The van der Waals surface area contributed by atoms with Gasteiger partial charge in [0.1, 0.15) is 5.69 Å². The lowest BCUT2D eigenvalue weighted by Gasteiger charge is -2.08. The zero-order valence-electron chi connectivity index (χ0n) is 11.7. The summed E-state index contributed by atoms with van der Waals surface area (Å²) in [6, 6.07) is 14.5. The molecule has 0 aliphatic rings. The lowest BCUT2D eigenvalue weighted by atomic mass is 10.1. The van der Waals surface area contributed by atoms with E-state index in [0.717, 1.165) is 11.3 Å². The van der Waals surface area contributed by atoms with Gasteiger partial charge in [-0.05, 0) is 31.2 Å². The number of aromatic nitrogens is 3. The highest BCUT2D eigenvalue weighted by Gasteiger charge is 2.21. The summed E-state index contributed by atoms with van der Waals surface area (Å²) in [5.74, 6) is -1.13. The Labute approximate surface area is 131 Å². The second-order valence-corrected chi connectivity index (χ2v) is 5.29. The van der Waals surface area contributed by atoms with Crippen LogP contribution >= 0.6 is 11.6 Å². The van der Waals surface area contributed by atoms with E-state index in [9.17, 15) is 9.90 Å². The topological polar surface area (TPSA) is 68.0 Å². The highest BCUT2D eigenvalue weighted by atomic mass is 35.5. The molecule has 0 radical (unpaired) electrons. The van der Waals surface area contributed by atoms with Gasteiger partial charge in [0.15, 0.2) is 5.69 Å². The van der Waals surface area contributed by atoms with Crippen LogP contribution in [0.5, 0.6) is 0 Å². The molecular formula is C16H12ClN3O2. The third kappa shape index (κ3) is 2.58. The molecule has 1 heterocycles. The molecule has 0 unspecified atom stereocenters. The molecule has 1 aromatic heterocycles. The van der Waals surface area contributed by atoms with Crippen LogP contribution in [0.4, 0.5) is 0 Å². The third-order valence-electron chi connectivity index (χ3n) is 3.25. The van der Waals surface area contributed by atoms with Crippen molar-refractivity contribution in [2.24, 2.45) is 0 Å². The second kappa shape index (κ2) is 5.61. The van der Waals surface area contributed by atoms with Gasteiger partial charge < -0.3 is 5.11 Å². The predicted octanol–water partition coefficient (Wildman–Crippen LogP) is 3.59. The first-order valence-corrected chi connectivity index (χ1v) is 6.96. The molecule has 5 nitrogen and oxygen atoms in total. The second-order valence-electron chi connectivity index (χ2n) is 4.85. The van der Waals surface area contributed by atoms with Crippen LogP contribution in [-0.4, -0.2) is 26.1 Å². The molecule has 0 bridgehead atoms. The summed E-state index contributed by atoms with van der Waals surface area (Å²) in [4.78, 5) is 11.4. The van der Waals surface area contributed by atoms with E-state index >= 15 is 0 Å². The number of carboxylic acid groups (broad SMARTS) is 1. The number of hydrogen-bond acceptors (Lipinski definition) is 3. The van der Waals surface area contributed by atoms with E-state index in [4.69, 9.17) is 11.6 Å². The normalized spacial score (nSPS) is 10.6. The molecule has 0 spiro atoms. The van der Waals surface area contributed by atoms with Gasteiger partial charge in [-0.25, -0.2) is 9.48 Å². The molecule has 0 saturated heterocycles. The monoisotopic (exact) mass is 313 g/mol. The van der Waals surface area contributed by atoms with Crippen LogP contribution in [0.3, 0.4) is 0 Å². The molecule has 6 heteroatoms. The third-order valence-corrected chi connectivity index (χ3v) is 3.48. The summed E-state index contributed by atoms with van der Waals surface area (Å²) in [7, 11) is 0. The van der Waals surface area contributed by atoms with Crippen molar-refractivity contribution >= 4 is 17.6 Å². The van der Waals surface area contributed by atoms with Crippen LogP contribution in [0.1, 0.15) is 16.1 Å². The molecule has 22 heavy (non-hydrogen) atoms. The standard InChI is InChI=1S/C16H12ClN3O2/c1-10-5-7-13(8-6-10)20-15(14(16(21)22)18-19-20)11-3-2-4-12(17)9-11/h2-9H,1H3,(H,21,22). The van der Waals surface area contributed by atoms with E-state index in [2.05, 4.69) is 10.3 Å². The predicted molar refractivity (Wildman–Crippen MR) is 83.5 cm³/mol. The Morgan fingerprint density at radius 2 is 1.91 bits per heavy atom. The average molecular weight is 314 g/mol. The number of hydrogen-bond donors (Lipinski definition) is 1. The van der Waals surface area contributed by atoms with E-state index in [-0.39, 0.29) is 5.69 Å². The smallest absolute Gasteiger partial charge is 0.358 e. The van der Waals surface area contributed by atoms with Gasteiger partial charge in [-0.3, -0.25) is 0 Å². The molecule has 1 N–H and O–H groups in total. The largest absolute Gasteiger partial charge is 0.476 e. The summed E-state index contributed by atoms with van der Waals surface area (Å²) in [6.45, 7) is 1.98. The Balaban J connectivity index is 2.24. The molecular weight excluding hydrogens is 302 g/mol. The highest BCUT2D eigenvalue weighted by molar-refractivity contribution is 6.30. The van der Waals surface area contributed by atoms with E-state index in [1.165, 1.54) is 4.68 Å². The fraction of sp³-hybridized carbons (Fsp3) is 0.0625. The van der Waals surface area contributed by atoms with Crippen LogP contribution in [-0.2, 0) is 0 Å². The van der Waals surface area contributed by atoms with Gasteiger partial charge in [-0.1, -0.05) is 46.6 Å². The Bertz CT molecular complexity index is 841. The molecule has 2 aromatic carbocycles. The molecule has 0 saturated carbocycles. The lowest BCUT2D eigenvalue weighted by molar-refractivity contribution is 0.0691. The summed E-state index contributed by atoms with van der Waals surface area (Å²) >= 11 is 6.02. The Kier molecular flexibility index (Phi) is 3.65. The van der Waals surface area contributed by atoms with Gasteiger partial charge >= 0.3 is 5.97 Å². The SMILES string of the molecule is Cc1ccc(-n2nnc(C(=O)O)c2-c2cccc(Cl)c2)cc1. The Morgan fingerprint density at radius 1 is 1.18 bits per heavy atom. The lowest BCUT2D eigenvalue weighted by Crippen LogP contribution is -2.03. The Morgan fingerprint density at radius 3 is 2.55 bits per heavy atom. The van der Waals surface area contributed by atoms with Gasteiger partial charge in [-0.2, -0.15) is 0 Å². The fourth-order valence-corrected chi connectivity index (χ4v) is 2.38. The van der Waals surface area contributed by atoms with Crippen molar-refractivity contribution in [1.29, 1.82) is 0 Å². The van der Waals surface area contributed by atoms with Crippen molar-refractivity contribution < 1.29 is 9.90 Å².